The Morgan fingerprint density at radius 1 is 1.19 bits per heavy atom. The number of hydrogen-bond acceptors (Lipinski definition) is 4. The van der Waals surface area contributed by atoms with Crippen molar-refractivity contribution in [2.45, 2.75) is 25.3 Å². The number of methoxy groups -OCH3 is 1. The summed E-state index contributed by atoms with van der Waals surface area (Å²) in [4.78, 5) is 14.6. The summed E-state index contributed by atoms with van der Waals surface area (Å²) in [7, 11) is 1.66. The second kappa shape index (κ2) is 9.59. The molecule has 0 bridgehead atoms. The Balaban J connectivity index is 1.43. The molecule has 1 aliphatic heterocycles. The highest BCUT2D eigenvalue weighted by Gasteiger charge is 2.24. The third kappa shape index (κ3) is 5.22. The first-order valence-electron chi connectivity index (χ1n) is 9.17. The number of ether oxygens (including phenoxy) is 1. The van der Waals surface area contributed by atoms with Crippen molar-refractivity contribution in [3.05, 3.63) is 52.2 Å². The highest BCUT2D eigenvalue weighted by atomic mass is 32.1. The van der Waals surface area contributed by atoms with Gasteiger partial charge in [-0.1, -0.05) is 12.1 Å². The van der Waals surface area contributed by atoms with Crippen molar-refractivity contribution in [3.63, 3.8) is 0 Å². The third-order valence-corrected chi connectivity index (χ3v) is 5.53. The number of thiophene rings is 1. The average Bonchev–Trinajstić information content (AvgIpc) is 3.37. The zero-order valence-electron chi connectivity index (χ0n) is 15.2. The normalized spacial score (nSPS) is 15.6. The van der Waals surface area contributed by atoms with Gasteiger partial charge in [0.2, 0.25) is 0 Å². The van der Waals surface area contributed by atoms with Gasteiger partial charge in [0, 0.05) is 13.1 Å². The molecule has 2 N–H and O–H groups in total. The predicted molar refractivity (Wildman–Crippen MR) is 106 cm³/mol. The van der Waals surface area contributed by atoms with E-state index in [9.17, 15) is 4.79 Å². The van der Waals surface area contributed by atoms with Crippen molar-refractivity contribution in [2.24, 2.45) is 0 Å². The lowest BCUT2D eigenvalue weighted by atomic mass is 10.1. The van der Waals surface area contributed by atoms with Gasteiger partial charge in [0.05, 0.1) is 13.2 Å². The van der Waals surface area contributed by atoms with Crippen LogP contribution in [-0.2, 0) is 6.42 Å². The first-order valence-corrected chi connectivity index (χ1v) is 10.1. The number of hydrogen-bond donors (Lipinski definition) is 2. The maximum atomic E-state index is 12.2. The molecule has 26 heavy (non-hydrogen) atoms. The molecule has 2 heterocycles. The molecule has 1 aliphatic rings. The molecule has 2 amide bonds. The highest BCUT2D eigenvalue weighted by molar-refractivity contribution is 7.07. The van der Waals surface area contributed by atoms with Crippen LogP contribution in [0.25, 0.3) is 0 Å². The fourth-order valence-electron chi connectivity index (χ4n) is 3.34. The van der Waals surface area contributed by atoms with Crippen molar-refractivity contribution in [1.29, 1.82) is 0 Å². The van der Waals surface area contributed by atoms with Gasteiger partial charge in [-0.3, -0.25) is 4.90 Å². The third-order valence-electron chi connectivity index (χ3n) is 4.82. The van der Waals surface area contributed by atoms with E-state index in [1.807, 2.05) is 24.3 Å². The van der Waals surface area contributed by atoms with E-state index in [2.05, 4.69) is 32.4 Å². The monoisotopic (exact) mass is 373 g/mol. The Bertz CT molecular complexity index is 667. The van der Waals surface area contributed by atoms with E-state index in [1.54, 1.807) is 18.4 Å². The standard InChI is InChI=1S/C20H27N3O2S/c1-25-18-6-4-16(5-7-18)8-10-21-20(24)22-14-19(17-9-13-26-15-17)23-11-2-3-12-23/h4-7,9,13,15,19H,2-3,8,10-12,14H2,1H3,(H2,21,22,24)/t19-/m1/s1. The molecule has 2 aromatic rings. The van der Waals surface area contributed by atoms with E-state index in [1.165, 1.54) is 24.0 Å². The van der Waals surface area contributed by atoms with Gasteiger partial charge in [0.25, 0.3) is 0 Å². The molecule has 0 saturated carbocycles. The lowest BCUT2D eigenvalue weighted by Gasteiger charge is -2.27. The Morgan fingerprint density at radius 2 is 1.96 bits per heavy atom. The SMILES string of the molecule is COc1ccc(CCNC(=O)NC[C@H](c2ccsc2)N2CCCC2)cc1. The average molecular weight is 374 g/mol. The van der Waals surface area contributed by atoms with Gasteiger partial charge in [0.15, 0.2) is 0 Å². The Kier molecular flexibility index (Phi) is 6.91. The molecule has 6 heteroatoms. The summed E-state index contributed by atoms with van der Waals surface area (Å²) in [6.07, 6.45) is 3.29. The quantitative estimate of drug-likeness (QED) is 0.745. The predicted octanol–water partition coefficient (Wildman–Crippen LogP) is 3.44. The van der Waals surface area contributed by atoms with Crippen LogP contribution in [-0.4, -0.2) is 44.2 Å². The molecule has 3 rings (SSSR count). The van der Waals surface area contributed by atoms with Gasteiger partial charge in [-0.2, -0.15) is 11.3 Å². The zero-order chi connectivity index (χ0) is 18.2. The number of nitrogens with one attached hydrogen (secondary N) is 2. The van der Waals surface area contributed by atoms with Crippen molar-refractivity contribution < 1.29 is 9.53 Å². The van der Waals surface area contributed by atoms with Crippen LogP contribution in [0.15, 0.2) is 41.1 Å². The van der Waals surface area contributed by atoms with E-state index in [4.69, 9.17) is 4.74 Å². The van der Waals surface area contributed by atoms with Gasteiger partial charge < -0.3 is 15.4 Å². The summed E-state index contributed by atoms with van der Waals surface area (Å²) in [6.45, 7) is 3.48. The minimum absolute atomic E-state index is 0.0991. The van der Waals surface area contributed by atoms with E-state index in [0.29, 0.717) is 13.1 Å². The van der Waals surface area contributed by atoms with Crippen LogP contribution in [0, 0.1) is 0 Å². The van der Waals surface area contributed by atoms with Crippen LogP contribution < -0.4 is 15.4 Å². The van der Waals surface area contributed by atoms with Crippen molar-refractivity contribution in [2.75, 3.05) is 33.3 Å². The smallest absolute Gasteiger partial charge is 0.314 e. The molecule has 1 fully saturated rings. The van der Waals surface area contributed by atoms with Crippen LogP contribution in [0.4, 0.5) is 4.79 Å². The molecule has 0 spiro atoms. The maximum Gasteiger partial charge on any atom is 0.314 e. The largest absolute Gasteiger partial charge is 0.497 e. The molecular weight excluding hydrogens is 346 g/mol. The molecular formula is C20H27N3O2S. The summed E-state index contributed by atoms with van der Waals surface area (Å²) < 4.78 is 5.16. The van der Waals surface area contributed by atoms with Crippen LogP contribution in [0.2, 0.25) is 0 Å². The van der Waals surface area contributed by atoms with E-state index >= 15 is 0 Å². The molecule has 0 radical (unpaired) electrons. The van der Waals surface area contributed by atoms with Gasteiger partial charge in [-0.15, -0.1) is 0 Å². The van der Waals surface area contributed by atoms with Crippen LogP contribution in [0.3, 0.4) is 0 Å². The molecule has 1 saturated heterocycles. The number of urea groups is 1. The van der Waals surface area contributed by atoms with Gasteiger partial charge >= 0.3 is 6.03 Å². The summed E-state index contributed by atoms with van der Waals surface area (Å²) in [5.41, 5.74) is 2.48. The topological polar surface area (TPSA) is 53.6 Å². The summed E-state index contributed by atoms with van der Waals surface area (Å²) >= 11 is 1.71. The zero-order valence-corrected chi connectivity index (χ0v) is 16.1. The van der Waals surface area contributed by atoms with Gasteiger partial charge in [-0.25, -0.2) is 4.79 Å². The van der Waals surface area contributed by atoms with E-state index in [0.717, 1.165) is 25.3 Å². The van der Waals surface area contributed by atoms with E-state index in [-0.39, 0.29) is 12.1 Å². The summed E-state index contributed by atoms with van der Waals surface area (Å²) in [6, 6.07) is 10.3. The fourth-order valence-corrected chi connectivity index (χ4v) is 4.05. The summed E-state index contributed by atoms with van der Waals surface area (Å²) in [5, 5.41) is 10.3. The number of rotatable bonds is 8. The number of amides is 2. The van der Waals surface area contributed by atoms with Crippen LogP contribution >= 0.6 is 11.3 Å². The van der Waals surface area contributed by atoms with Gasteiger partial charge in [-0.05, 0) is 72.4 Å². The van der Waals surface area contributed by atoms with Crippen molar-refractivity contribution in [1.82, 2.24) is 15.5 Å². The molecule has 0 unspecified atom stereocenters. The first kappa shape index (κ1) is 18.7. The lowest BCUT2D eigenvalue weighted by Crippen LogP contribution is -2.42. The van der Waals surface area contributed by atoms with Crippen molar-refractivity contribution in [3.8, 4) is 5.75 Å². The molecule has 5 nitrogen and oxygen atoms in total. The van der Waals surface area contributed by atoms with Crippen LogP contribution in [0.1, 0.15) is 30.0 Å². The molecule has 1 aromatic carbocycles. The highest BCUT2D eigenvalue weighted by Crippen LogP contribution is 2.26. The second-order valence-electron chi connectivity index (χ2n) is 6.55. The van der Waals surface area contributed by atoms with Crippen LogP contribution in [0.5, 0.6) is 5.75 Å². The molecule has 0 aliphatic carbocycles. The van der Waals surface area contributed by atoms with Gasteiger partial charge in [0.1, 0.15) is 5.75 Å². The number of benzene rings is 1. The fraction of sp³-hybridized carbons (Fsp3) is 0.450. The molecule has 140 valence electrons. The Hall–Kier alpha value is -2.05. The first-order chi connectivity index (χ1) is 12.8. The molecule has 1 atom stereocenters. The maximum absolute atomic E-state index is 12.2. The minimum Gasteiger partial charge on any atom is -0.497 e. The Labute approximate surface area is 159 Å². The molecule has 1 aromatic heterocycles. The minimum atomic E-state index is -0.0991. The lowest BCUT2D eigenvalue weighted by molar-refractivity contribution is 0.221. The number of likely N-dealkylation sites (tertiary alicyclic amines) is 1. The van der Waals surface area contributed by atoms with E-state index < -0.39 is 0 Å². The van der Waals surface area contributed by atoms with Crippen molar-refractivity contribution >= 4 is 17.4 Å². The number of carbonyl (C=O) groups is 1. The number of carbonyl (C=O) groups excluding carboxylic acids is 1. The Morgan fingerprint density at radius 3 is 2.62 bits per heavy atom. The second-order valence-corrected chi connectivity index (χ2v) is 7.33. The summed E-state index contributed by atoms with van der Waals surface area (Å²) in [5.74, 6) is 0.848. The number of nitrogens with zero attached hydrogens (tertiary/aromatic N) is 1.